The highest BCUT2D eigenvalue weighted by atomic mass is 16.2. The third kappa shape index (κ3) is 3.48. The lowest BCUT2D eigenvalue weighted by Gasteiger charge is -2.31. The first-order valence-corrected chi connectivity index (χ1v) is 5.34. The van der Waals surface area contributed by atoms with Crippen molar-refractivity contribution in [3.63, 3.8) is 0 Å². The van der Waals surface area contributed by atoms with Gasteiger partial charge in [-0.05, 0) is 31.6 Å². The lowest BCUT2D eigenvalue weighted by molar-refractivity contribution is -0.130. The summed E-state index contributed by atoms with van der Waals surface area (Å²) in [4.78, 5) is 23.0. The first kappa shape index (κ1) is 11.2. The van der Waals surface area contributed by atoms with E-state index in [9.17, 15) is 9.59 Å². The molecule has 0 unspecified atom stereocenters. The Kier molecular flexibility index (Phi) is 4.63. The number of piperidine rings is 1. The first-order valence-electron chi connectivity index (χ1n) is 5.34. The van der Waals surface area contributed by atoms with Crippen LogP contribution in [0.2, 0.25) is 0 Å². The maximum Gasteiger partial charge on any atom is 0.219 e. The molecule has 0 aliphatic carbocycles. The second-order valence-electron chi connectivity index (χ2n) is 3.99. The molecule has 1 rings (SSSR count). The summed E-state index contributed by atoms with van der Waals surface area (Å²) >= 11 is 0. The molecule has 3 nitrogen and oxygen atoms in total. The molecule has 0 aromatic rings. The number of likely N-dealkylation sites (tertiary alicyclic amines) is 1. The fourth-order valence-electron chi connectivity index (χ4n) is 2.00. The Bertz CT molecular complexity index is 195. The van der Waals surface area contributed by atoms with Crippen molar-refractivity contribution in [3.05, 3.63) is 0 Å². The molecule has 3 heteroatoms. The van der Waals surface area contributed by atoms with Gasteiger partial charge in [-0.25, -0.2) is 0 Å². The number of unbranched alkanes of at least 4 members (excludes halogenated alkanes) is 1. The minimum atomic E-state index is 0.185. The van der Waals surface area contributed by atoms with E-state index in [1.165, 1.54) is 0 Å². The predicted molar refractivity (Wildman–Crippen MR) is 54.5 cm³/mol. The highest BCUT2D eigenvalue weighted by molar-refractivity contribution is 5.73. The van der Waals surface area contributed by atoms with E-state index in [0.29, 0.717) is 12.3 Å². The van der Waals surface area contributed by atoms with Crippen LogP contribution in [0.1, 0.15) is 39.0 Å². The van der Waals surface area contributed by atoms with Gasteiger partial charge in [0.1, 0.15) is 0 Å². The third-order valence-corrected chi connectivity index (χ3v) is 2.95. The number of carbonyl (C=O) groups excluding carboxylic acids is 2. The van der Waals surface area contributed by atoms with Gasteiger partial charge in [-0.1, -0.05) is 0 Å². The number of amides is 1. The Labute approximate surface area is 85.5 Å². The Balaban J connectivity index is 2.15. The van der Waals surface area contributed by atoms with Crippen molar-refractivity contribution in [1.29, 1.82) is 0 Å². The average Bonchev–Trinajstić information content (AvgIpc) is 2.19. The zero-order valence-electron chi connectivity index (χ0n) is 8.79. The summed E-state index contributed by atoms with van der Waals surface area (Å²) < 4.78 is 0. The van der Waals surface area contributed by atoms with E-state index in [2.05, 4.69) is 0 Å². The quantitative estimate of drug-likeness (QED) is 0.639. The minimum absolute atomic E-state index is 0.185. The van der Waals surface area contributed by atoms with Gasteiger partial charge in [0.15, 0.2) is 6.29 Å². The molecule has 1 aliphatic heterocycles. The van der Waals surface area contributed by atoms with Crippen molar-refractivity contribution in [3.8, 4) is 0 Å². The van der Waals surface area contributed by atoms with E-state index < -0.39 is 0 Å². The van der Waals surface area contributed by atoms with Crippen LogP contribution in [0.5, 0.6) is 0 Å². The van der Waals surface area contributed by atoms with E-state index in [0.717, 1.165) is 38.8 Å². The maximum atomic E-state index is 11.0. The molecular weight excluding hydrogens is 178 g/mol. The lowest BCUT2D eigenvalue weighted by Crippen LogP contribution is -2.36. The number of hydrogen-bond donors (Lipinski definition) is 0. The molecule has 0 atom stereocenters. The molecule has 0 aromatic heterocycles. The molecular formula is C11H18NO2. The number of hydrogen-bond acceptors (Lipinski definition) is 2. The van der Waals surface area contributed by atoms with Gasteiger partial charge in [-0.15, -0.1) is 0 Å². The van der Waals surface area contributed by atoms with Crippen LogP contribution in [0.15, 0.2) is 0 Å². The standard InChI is InChI=1S/C11H18NO2/c1-10(14)12-7-5-11(6-8-12)4-2-3-9-13/h11H,2-8H2,1H3. The van der Waals surface area contributed by atoms with Crippen molar-refractivity contribution in [2.24, 2.45) is 5.92 Å². The van der Waals surface area contributed by atoms with Crippen molar-refractivity contribution >= 4 is 12.2 Å². The van der Waals surface area contributed by atoms with E-state index in [1.54, 1.807) is 6.92 Å². The van der Waals surface area contributed by atoms with Gasteiger partial charge in [0, 0.05) is 26.4 Å². The molecule has 0 aromatic carbocycles. The SMILES string of the molecule is CC(=O)N1CCC(CCC[C]=O)CC1. The smallest absolute Gasteiger partial charge is 0.219 e. The fourth-order valence-corrected chi connectivity index (χ4v) is 2.00. The van der Waals surface area contributed by atoms with Gasteiger partial charge < -0.3 is 4.90 Å². The van der Waals surface area contributed by atoms with E-state index in [-0.39, 0.29) is 5.91 Å². The Morgan fingerprint density at radius 2 is 2.07 bits per heavy atom. The molecule has 0 saturated carbocycles. The van der Waals surface area contributed by atoms with Gasteiger partial charge in [0.2, 0.25) is 5.91 Å². The van der Waals surface area contributed by atoms with Gasteiger partial charge in [0.05, 0.1) is 0 Å². The van der Waals surface area contributed by atoms with E-state index in [1.807, 2.05) is 11.2 Å². The van der Waals surface area contributed by atoms with Crippen molar-refractivity contribution in [2.45, 2.75) is 39.0 Å². The number of rotatable bonds is 4. The zero-order chi connectivity index (χ0) is 10.4. The Morgan fingerprint density at radius 1 is 1.43 bits per heavy atom. The van der Waals surface area contributed by atoms with Gasteiger partial charge in [0.25, 0.3) is 0 Å². The largest absolute Gasteiger partial charge is 0.343 e. The maximum absolute atomic E-state index is 11.0. The molecule has 1 amide bonds. The van der Waals surface area contributed by atoms with Crippen LogP contribution in [-0.4, -0.2) is 30.2 Å². The second-order valence-corrected chi connectivity index (χ2v) is 3.99. The topological polar surface area (TPSA) is 37.4 Å². The van der Waals surface area contributed by atoms with Crippen molar-refractivity contribution < 1.29 is 9.59 Å². The van der Waals surface area contributed by atoms with Crippen LogP contribution >= 0.6 is 0 Å². The predicted octanol–water partition coefficient (Wildman–Crippen LogP) is 1.52. The molecule has 1 saturated heterocycles. The number of nitrogens with zero attached hydrogens (tertiary/aromatic N) is 1. The van der Waals surface area contributed by atoms with E-state index in [4.69, 9.17) is 0 Å². The van der Waals surface area contributed by atoms with Crippen LogP contribution < -0.4 is 0 Å². The molecule has 0 bridgehead atoms. The monoisotopic (exact) mass is 196 g/mol. The average molecular weight is 196 g/mol. The minimum Gasteiger partial charge on any atom is -0.343 e. The van der Waals surface area contributed by atoms with Crippen molar-refractivity contribution in [1.82, 2.24) is 4.90 Å². The Morgan fingerprint density at radius 3 is 2.57 bits per heavy atom. The highest BCUT2D eigenvalue weighted by Crippen LogP contribution is 2.22. The third-order valence-electron chi connectivity index (χ3n) is 2.95. The summed E-state index contributed by atoms with van der Waals surface area (Å²) in [5, 5.41) is 0. The van der Waals surface area contributed by atoms with Gasteiger partial charge in [-0.3, -0.25) is 9.59 Å². The normalized spacial score (nSPS) is 18.2. The van der Waals surface area contributed by atoms with Gasteiger partial charge >= 0.3 is 0 Å². The fraction of sp³-hybridized carbons (Fsp3) is 0.818. The summed E-state index contributed by atoms with van der Waals surface area (Å²) in [5.74, 6) is 0.892. The van der Waals surface area contributed by atoms with E-state index >= 15 is 0 Å². The summed E-state index contributed by atoms with van der Waals surface area (Å²) in [6.07, 6.45) is 6.74. The zero-order valence-corrected chi connectivity index (χ0v) is 8.79. The molecule has 1 heterocycles. The summed E-state index contributed by atoms with van der Waals surface area (Å²) in [5.41, 5.74) is 0. The summed E-state index contributed by atoms with van der Waals surface area (Å²) in [6, 6.07) is 0. The lowest BCUT2D eigenvalue weighted by atomic mass is 9.92. The number of carbonyl (C=O) groups is 1. The first-order chi connectivity index (χ1) is 6.74. The van der Waals surface area contributed by atoms with Crippen LogP contribution in [-0.2, 0) is 9.59 Å². The molecule has 1 radical (unpaired) electrons. The molecule has 1 aliphatic rings. The van der Waals surface area contributed by atoms with Crippen LogP contribution in [0, 0.1) is 5.92 Å². The molecule has 0 N–H and O–H groups in total. The highest BCUT2D eigenvalue weighted by Gasteiger charge is 2.19. The van der Waals surface area contributed by atoms with Crippen molar-refractivity contribution in [2.75, 3.05) is 13.1 Å². The molecule has 1 fully saturated rings. The van der Waals surface area contributed by atoms with Crippen LogP contribution in [0.3, 0.4) is 0 Å². The second kappa shape index (κ2) is 5.78. The van der Waals surface area contributed by atoms with Crippen LogP contribution in [0.25, 0.3) is 0 Å². The molecule has 79 valence electrons. The van der Waals surface area contributed by atoms with Crippen LogP contribution in [0.4, 0.5) is 0 Å². The molecule has 0 spiro atoms. The summed E-state index contributed by atoms with van der Waals surface area (Å²) in [6.45, 7) is 3.41. The van der Waals surface area contributed by atoms with Gasteiger partial charge in [-0.2, -0.15) is 0 Å². The summed E-state index contributed by atoms with van der Waals surface area (Å²) in [7, 11) is 0. The molecule has 14 heavy (non-hydrogen) atoms. The Hall–Kier alpha value is -0.860.